The third-order valence-corrected chi connectivity index (χ3v) is 5.40. The summed E-state index contributed by atoms with van der Waals surface area (Å²) in [7, 11) is 1.66. The Bertz CT molecular complexity index is 1010. The molecule has 0 spiro atoms. The Morgan fingerprint density at radius 2 is 1.93 bits per heavy atom. The van der Waals surface area contributed by atoms with Gasteiger partial charge >= 0.3 is 0 Å². The van der Waals surface area contributed by atoms with Crippen molar-refractivity contribution >= 4 is 11.6 Å². The molecule has 1 aromatic heterocycles. The van der Waals surface area contributed by atoms with Gasteiger partial charge in [-0.3, -0.25) is 4.79 Å². The zero-order chi connectivity index (χ0) is 20.4. The first-order valence-corrected chi connectivity index (χ1v) is 9.86. The van der Waals surface area contributed by atoms with Crippen molar-refractivity contribution in [3.8, 4) is 5.75 Å². The highest BCUT2D eigenvalue weighted by atomic mass is 16.5. The fraction of sp³-hybridized carbons (Fsp3) is 0.348. The van der Waals surface area contributed by atoms with Crippen LogP contribution in [-0.4, -0.2) is 29.7 Å². The third kappa shape index (κ3) is 4.16. The monoisotopic (exact) mass is 391 g/mol. The molecule has 0 N–H and O–H groups in total. The van der Waals surface area contributed by atoms with Crippen LogP contribution in [-0.2, 0) is 17.6 Å². The standard InChI is InChI=1S/C23H25N3O3/c1-15-4-10-20(16(2)12-15)26-14-18(13-22(26)27)23-24-21(29-25-23)11-7-17-5-8-19(28-3)9-6-17/h4-6,8-10,12,18H,7,11,13-14H2,1-3H3. The molecule has 1 saturated heterocycles. The van der Waals surface area contributed by atoms with Crippen LogP contribution in [0.5, 0.6) is 5.75 Å². The summed E-state index contributed by atoms with van der Waals surface area (Å²) in [5.74, 6) is 2.13. The van der Waals surface area contributed by atoms with Gasteiger partial charge in [0, 0.05) is 31.0 Å². The number of aryl methyl sites for hydroxylation is 4. The van der Waals surface area contributed by atoms with E-state index < -0.39 is 0 Å². The first-order valence-electron chi connectivity index (χ1n) is 9.86. The Balaban J connectivity index is 1.40. The first-order chi connectivity index (χ1) is 14.0. The zero-order valence-electron chi connectivity index (χ0n) is 17.0. The van der Waals surface area contributed by atoms with Crippen molar-refractivity contribution in [2.75, 3.05) is 18.6 Å². The minimum atomic E-state index is -0.0401. The van der Waals surface area contributed by atoms with Crippen LogP contribution in [0.15, 0.2) is 47.0 Å². The van der Waals surface area contributed by atoms with Crippen molar-refractivity contribution in [2.24, 2.45) is 0 Å². The van der Waals surface area contributed by atoms with Crippen LogP contribution >= 0.6 is 0 Å². The number of aromatic nitrogens is 2. The largest absolute Gasteiger partial charge is 0.497 e. The fourth-order valence-corrected chi connectivity index (χ4v) is 3.80. The van der Waals surface area contributed by atoms with Gasteiger partial charge in [0.2, 0.25) is 11.8 Å². The van der Waals surface area contributed by atoms with Gasteiger partial charge in [-0.25, -0.2) is 0 Å². The maximum absolute atomic E-state index is 12.6. The molecular formula is C23H25N3O3. The number of hydrogen-bond donors (Lipinski definition) is 0. The van der Waals surface area contributed by atoms with E-state index in [1.165, 1.54) is 11.1 Å². The summed E-state index contributed by atoms with van der Waals surface area (Å²) in [6.07, 6.45) is 1.88. The SMILES string of the molecule is COc1ccc(CCc2nc(C3CC(=O)N(c4ccc(C)cc4C)C3)no2)cc1. The molecule has 0 bridgehead atoms. The molecule has 1 aliphatic heterocycles. The Kier molecular flexibility index (Phi) is 5.34. The third-order valence-electron chi connectivity index (χ3n) is 5.40. The maximum Gasteiger partial charge on any atom is 0.227 e. The summed E-state index contributed by atoms with van der Waals surface area (Å²) in [5, 5.41) is 4.15. The summed E-state index contributed by atoms with van der Waals surface area (Å²) in [4.78, 5) is 19.0. The van der Waals surface area contributed by atoms with Gasteiger partial charge in [0.25, 0.3) is 0 Å². The van der Waals surface area contributed by atoms with Crippen LogP contribution in [0.1, 0.15) is 40.7 Å². The van der Waals surface area contributed by atoms with Crippen molar-refractivity contribution in [1.29, 1.82) is 0 Å². The van der Waals surface area contributed by atoms with E-state index in [-0.39, 0.29) is 11.8 Å². The molecule has 1 aliphatic rings. The second kappa shape index (κ2) is 8.07. The van der Waals surface area contributed by atoms with Crippen LogP contribution in [0, 0.1) is 13.8 Å². The topological polar surface area (TPSA) is 68.5 Å². The van der Waals surface area contributed by atoms with Crippen LogP contribution in [0.4, 0.5) is 5.69 Å². The number of ether oxygens (including phenoxy) is 1. The van der Waals surface area contributed by atoms with E-state index in [4.69, 9.17) is 9.26 Å². The summed E-state index contributed by atoms with van der Waals surface area (Å²) in [6, 6.07) is 14.1. The maximum atomic E-state index is 12.6. The quantitative estimate of drug-likeness (QED) is 0.635. The first kappa shape index (κ1) is 19.2. The Morgan fingerprint density at radius 3 is 2.66 bits per heavy atom. The number of methoxy groups -OCH3 is 1. The van der Waals surface area contributed by atoms with E-state index in [0.717, 1.165) is 23.4 Å². The molecule has 0 radical (unpaired) electrons. The van der Waals surface area contributed by atoms with Crippen LogP contribution in [0.2, 0.25) is 0 Å². The summed E-state index contributed by atoms with van der Waals surface area (Å²) in [5.41, 5.74) is 4.44. The van der Waals surface area contributed by atoms with Crippen LogP contribution in [0.25, 0.3) is 0 Å². The minimum absolute atomic E-state index is 0.0401. The molecule has 0 aliphatic carbocycles. The lowest BCUT2D eigenvalue weighted by Crippen LogP contribution is -2.25. The van der Waals surface area contributed by atoms with Gasteiger partial charge in [0.1, 0.15) is 5.75 Å². The van der Waals surface area contributed by atoms with Gasteiger partial charge in [-0.2, -0.15) is 4.98 Å². The lowest BCUT2D eigenvalue weighted by molar-refractivity contribution is -0.117. The second-order valence-electron chi connectivity index (χ2n) is 7.59. The molecule has 6 heteroatoms. The number of amides is 1. The summed E-state index contributed by atoms with van der Waals surface area (Å²) >= 11 is 0. The molecule has 3 aromatic rings. The molecule has 2 aromatic carbocycles. The number of benzene rings is 2. The van der Waals surface area contributed by atoms with Crippen molar-refractivity contribution in [2.45, 2.75) is 39.0 Å². The molecule has 0 saturated carbocycles. The number of carbonyl (C=O) groups excluding carboxylic acids is 1. The van der Waals surface area contributed by atoms with Crippen LogP contribution in [0.3, 0.4) is 0 Å². The zero-order valence-corrected chi connectivity index (χ0v) is 17.0. The van der Waals surface area contributed by atoms with E-state index in [2.05, 4.69) is 23.1 Å². The highest BCUT2D eigenvalue weighted by Crippen LogP contribution is 2.32. The predicted octanol–water partition coefficient (Wildman–Crippen LogP) is 4.00. The summed E-state index contributed by atoms with van der Waals surface area (Å²) < 4.78 is 10.6. The Morgan fingerprint density at radius 1 is 1.14 bits per heavy atom. The fourth-order valence-electron chi connectivity index (χ4n) is 3.80. The summed E-state index contributed by atoms with van der Waals surface area (Å²) in [6.45, 7) is 4.67. The highest BCUT2D eigenvalue weighted by molar-refractivity contribution is 5.97. The number of hydrogen-bond acceptors (Lipinski definition) is 5. The van der Waals surface area contributed by atoms with Gasteiger partial charge in [-0.1, -0.05) is 35.0 Å². The molecule has 150 valence electrons. The average molecular weight is 391 g/mol. The normalized spacial score (nSPS) is 16.4. The highest BCUT2D eigenvalue weighted by Gasteiger charge is 2.35. The van der Waals surface area contributed by atoms with E-state index in [0.29, 0.717) is 31.1 Å². The lowest BCUT2D eigenvalue weighted by atomic mass is 10.1. The number of rotatable bonds is 6. The van der Waals surface area contributed by atoms with Crippen molar-refractivity contribution in [3.63, 3.8) is 0 Å². The van der Waals surface area contributed by atoms with Crippen molar-refractivity contribution < 1.29 is 14.1 Å². The van der Waals surface area contributed by atoms with E-state index in [1.807, 2.05) is 48.2 Å². The molecule has 1 fully saturated rings. The minimum Gasteiger partial charge on any atom is -0.497 e. The van der Waals surface area contributed by atoms with Crippen LogP contribution < -0.4 is 9.64 Å². The predicted molar refractivity (Wildman–Crippen MR) is 110 cm³/mol. The van der Waals surface area contributed by atoms with Gasteiger partial charge in [0.15, 0.2) is 5.82 Å². The molecule has 29 heavy (non-hydrogen) atoms. The van der Waals surface area contributed by atoms with Gasteiger partial charge in [0.05, 0.1) is 7.11 Å². The van der Waals surface area contributed by atoms with E-state index in [9.17, 15) is 4.79 Å². The molecule has 1 atom stereocenters. The smallest absolute Gasteiger partial charge is 0.227 e. The van der Waals surface area contributed by atoms with Gasteiger partial charge in [-0.15, -0.1) is 0 Å². The number of nitrogens with zero attached hydrogens (tertiary/aromatic N) is 3. The van der Waals surface area contributed by atoms with Gasteiger partial charge < -0.3 is 14.2 Å². The number of carbonyl (C=O) groups is 1. The Labute approximate surface area is 170 Å². The molecule has 2 heterocycles. The van der Waals surface area contributed by atoms with Crippen molar-refractivity contribution in [1.82, 2.24) is 10.1 Å². The average Bonchev–Trinajstić information content (AvgIpc) is 3.34. The lowest BCUT2D eigenvalue weighted by Gasteiger charge is -2.19. The molecule has 1 amide bonds. The van der Waals surface area contributed by atoms with E-state index >= 15 is 0 Å². The molecular weight excluding hydrogens is 366 g/mol. The van der Waals surface area contributed by atoms with Crippen molar-refractivity contribution in [3.05, 3.63) is 70.9 Å². The number of anilines is 1. The second-order valence-corrected chi connectivity index (χ2v) is 7.59. The van der Waals surface area contributed by atoms with E-state index in [1.54, 1.807) is 7.11 Å². The Hall–Kier alpha value is -3.15. The molecule has 1 unspecified atom stereocenters. The molecule has 6 nitrogen and oxygen atoms in total. The van der Waals surface area contributed by atoms with Gasteiger partial charge in [-0.05, 0) is 49.6 Å². The molecule has 4 rings (SSSR count).